The van der Waals surface area contributed by atoms with Crippen LogP contribution in [0.25, 0.3) is 0 Å². The minimum atomic E-state index is -0.0409. The largest absolute Gasteiger partial charge is 0.331 e. The van der Waals surface area contributed by atoms with Crippen molar-refractivity contribution >= 4 is 40.5 Å². The van der Waals surface area contributed by atoms with Crippen LogP contribution >= 0.6 is 23.8 Å². The minimum Gasteiger partial charge on any atom is -0.331 e. The molecule has 2 aromatic rings. The van der Waals surface area contributed by atoms with Gasteiger partial charge in [-0.05, 0) is 61.3 Å². The van der Waals surface area contributed by atoms with E-state index in [1.165, 1.54) is 11.1 Å². The number of benzene rings is 2. The summed E-state index contributed by atoms with van der Waals surface area (Å²) in [6.07, 6.45) is 0.869. The highest BCUT2D eigenvalue weighted by molar-refractivity contribution is 7.80. The summed E-state index contributed by atoms with van der Waals surface area (Å²) in [5.74, 6) is 0.254. The Labute approximate surface area is 151 Å². The van der Waals surface area contributed by atoms with Gasteiger partial charge in [-0.15, -0.1) is 0 Å². The van der Waals surface area contributed by atoms with Crippen molar-refractivity contribution in [3.8, 4) is 0 Å². The van der Waals surface area contributed by atoms with Crippen LogP contribution in [0.4, 0.5) is 5.69 Å². The SMILES string of the molecule is Cc1ccc([C@H]2C[C@@H]2C(=O)NNC(=S)Nc2ccc(Cl)cc2)cc1. The second-order valence-electron chi connectivity index (χ2n) is 5.93. The van der Waals surface area contributed by atoms with Crippen molar-refractivity contribution in [1.29, 1.82) is 0 Å². The van der Waals surface area contributed by atoms with E-state index in [1.54, 1.807) is 12.1 Å². The zero-order valence-electron chi connectivity index (χ0n) is 13.2. The molecule has 124 valence electrons. The summed E-state index contributed by atoms with van der Waals surface area (Å²) in [5, 5.41) is 3.97. The molecule has 0 unspecified atom stereocenters. The van der Waals surface area contributed by atoms with Crippen molar-refractivity contribution < 1.29 is 4.79 Å². The standard InChI is InChI=1S/C18H18ClN3OS/c1-11-2-4-12(5-3-11)15-10-16(15)17(23)21-22-18(24)20-14-8-6-13(19)7-9-14/h2-9,15-16H,10H2,1H3,(H,21,23)(H2,20,22,24)/t15-,16+/m1/s1. The molecule has 0 aliphatic heterocycles. The van der Waals surface area contributed by atoms with Gasteiger partial charge in [-0.25, -0.2) is 0 Å². The third-order valence-electron chi connectivity index (χ3n) is 4.03. The molecule has 0 radical (unpaired) electrons. The van der Waals surface area contributed by atoms with E-state index in [9.17, 15) is 4.79 Å². The lowest BCUT2D eigenvalue weighted by atomic mass is 10.1. The van der Waals surface area contributed by atoms with Gasteiger partial charge in [0.1, 0.15) is 0 Å². The van der Waals surface area contributed by atoms with E-state index in [0.29, 0.717) is 16.1 Å². The Morgan fingerprint density at radius 2 is 1.75 bits per heavy atom. The number of halogens is 1. The molecule has 0 aromatic heterocycles. The number of anilines is 1. The van der Waals surface area contributed by atoms with E-state index >= 15 is 0 Å². The van der Waals surface area contributed by atoms with Crippen molar-refractivity contribution in [2.24, 2.45) is 5.92 Å². The van der Waals surface area contributed by atoms with Gasteiger partial charge < -0.3 is 5.32 Å². The molecule has 0 bridgehead atoms. The molecule has 24 heavy (non-hydrogen) atoms. The third-order valence-corrected chi connectivity index (χ3v) is 4.49. The first-order valence-corrected chi connectivity index (χ1v) is 8.50. The van der Waals surface area contributed by atoms with Crippen LogP contribution in [0.2, 0.25) is 5.02 Å². The van der Waals surface area contributed by atoms with E-state index in [1.807, 2.05) is 12.1 Å². The van der Waals surface area contributed by atoms with Gasteiger partial charge in [0.25, 0.3) is 0 Å². The van der Waals surface area contributed by atoms with Crippen LogP contribution in [0.15, 0.2) is 48.5 Å². The van der Waals surface area contributed by atoms with E-state index in [2.05, 4.69) is 47.4 Å². The first-order chi connectivity index (χ1) is 11.5. The highest BCUT2D eigenvalue weighted by Gasteiger charge is 2.43. The summed E-state index contributed by atoms with van der Waals surface area (Å²) in [6.45, 7) is 2.05. The molecule has 3 N–H and O–H groups in total. The lowest BCUT2D eigenvalue weighted by Gasteiger charge is -2.11. The first kappa shape index (κ1) is 16.7. The maximum atomic E-state index is 12.2. The molecular formula is C18H18ClN3OS. The van der Waals surface area contributed by atoms with Gasteiger partial charge in [-0.2, -0.15) is 0 Å². The number of nitrogens with one attached hydrogen (secondary N) is 3. The maximum Gasteiger partial charge on any atom is 0.242 e. The molecule has 0 saturated heterocycles. The summed E-state index contributed by atoms with van der Waals surface area (Å²) in [5.41, 5.74) is 8.64. The number of hydrazine groups is 1. The molecule has 1 saturated carbocycles. The number of amides is 1. The number of rotatable bonds is 3. The predicted octanol–water partition coefficient (Wildman–Crippen LogP) is 3.77. The summed E-state index contributed by atoms with van der Waals surface area (Å²) >= 11 is 11.0. The molecule has 2 aromatic carbocycles. The fourth-order valence-electron chi connectivity index (χ4n) is 2.57. The molecule has 4 nitrogen and oxygen atoms in total. The third kappa shape index (κ3) is 4.24. The summed E-state index contributed by atoms with van der Waals surface area (Å²) in [4.78, 5) is 12.2. The number of hydrogen-bond donors (Lipinski definition) is 3. The van der Waals surface area contributed by atoms with Crippen LogP contribution in [-0.2, 0) is 4.79 Å². The van der Waals surface area contributed by atoms with Gasteiger partial charge in [-0.3, -0.25) is 15.6 Å². The Kier molecular flexibility index (Phi) is 5.02. The van der Waals surface area contributed by atoms with Crippen molar-refractivity contribution in [3.63, 3.8) is 0 Å². The molecule has 2 atom stereocenters. The van der Waals surface area contributed by atoms with Crippen molar-refractivity contribution in [1.82, 2.24) is 10.9 Å². The highest BCUT2D eigenvalue weighted by atomic mass is 35.5. The van der Waals surface area contributed by atoms with Gasteiger partial charge in [0.15, 0.2) is 5.11 Å². The molecule has 6 heteroatoms. The van der Waals surface area contributed by atoms with E-state index in [-0.39, 0.29) is 11.8 Å². The molecule has 0 heterocycles. The Bertz CT molecular complexity index is 746. The Morgan fingerprint density at radius 1 is 1.08 bits per heavy atom. The van der Waals surface area contributed by atoms with Crippen molar-refractivity contribution in [3.05, 3.63) is 64.7 Å². The number of hydrogen-bond acceptors (Lipinski definition) is 2. The average Bonchev–Trinajstić information content (AvgIpc) is 3.36. The molecular weight excluding hydrogens is 342 g/mol. The maximum absolute atomic E-state index is 12.2. The minimum absolute atomic E-state index is 0.00135. The molecule has 1 amide bonds. The molecule has 1 aliphatic rings. The monoisotopic (exact) mass is 359 g/mol. The summed E-state index contributed by atoms with van der Waals surface area (Å²) < 4.78 is 0. The predicted molar refractivity (Wildman–Crippen MR) is 101 cm³/mol. The van der Waals surface area contributed by atoms with Crippen LogP contribution in [0, 0.1) is 12.8 Å². The highest BCUT2D eigenvalue weighted by Crippen LogP contribution is 2.47. The average molecular weight is 360 g/mol. The second-order valence-corrected chi connectivity index (χ2v) is 6.78. The lowest BCUT2D eigenvalue weighted by molar-refractivity contribution is -0.122. The van der Waals surface area contributed by atoms with Gasteiger partial charge >= 0.3 is 0 Å². The topological polar surface area (TPSA) is 53.2 Å². The number of thiocarbonyl (C=S) groups is 1. The quantitative estimate of drug-likeness (QED) is 0.577. The smallest absolute Gasteiger partial charge is 0.242 e. The Balaban J connectivity index is 1.45. The van der Waals surface area contributed by atoms with Crippen molar-refractivity contribution in [2.75, 3.05) is 5.32 Å². The lowest BCUT2D eigenvalue weighted by Crippen LogP contribution is -2.44. The Morgan fingerprint density at radius 3 is 2.42 bits per heavy atom. The van der Waals surface area contributed by atoms with Crippen LogP contribution in [0.3, 0.4) is 0 Å². The van der Waals surface area contributed by atoms with Gasteiger partial charge in [0.2, 0.25) is 5.91 Å². The van der Waals surface area contributed by atoms with Gasteiger partial charge in [-0.1, -0.05) is 41.4 Å². The second kappa shape index (κ2) is 7.20. The van der Waals surface area contributed by atoms with Crippen LogP contribution < -0.4 is 16.2 Å². The normalized spacial score (nSPS) is 18.6. The molecule has 3 rings (SSSR count). The molecule has 0 spiro atoms. The van der Waals surface area contributed by atoms with E-state index in [4.69, 9.17) is 23.8 Å². The van der Waals surface area contributed by atoms with E-state index < -0.39 is 0 Å². The zero-order valence-corrected chi connectivity index (χ0v) is 14.7. The summed E-state index contributed by atoms with van der Waals surface area (Å²) in [7, 11) is 0. The first-order valence-electron chi connectivity index (χ1n) is 7.72. The van der Waals surface area contributed by atoms with Crippen LogP contribution in [-0.4, -0.2) is 11.0 Å². The van der Waals surface area contributed by atoms with Gasteiger partial charge in [0.05, 0.1) is 0 Å². The van der Waals surface area contributed by atoms with Crippen LogP contribution in [0.1, 0.15) is 23.5 Å². The molecule has 1 aliphatic carbocycles. The molecule has 1 fully saturated rings. The number of aryl methyl sites for hydroxylation is 1. The van der Waals surface area contributed by atoms with Crippen molar-refractivity contribution in [2.45, 2.75) is 19.3 Å². The van der Waals surface area contributed by atoms with Crippen LogP contribution in [0.5, 0.6) is 0 Å². The Hall–Kier alpha value is -2.11. The zero-order chi connectivity index (χ0) is 17.1. The number of carbonyl (C=O) groups is 1. The number of carbonyl (C=O) groups excluding carboxylic acids is 1. The van der Waals surface area contributed by atoms with Gasteiger partial charge in [0, 0.05) is 16.6 Å². The fourth-order valence-corrected chi connectivity index (χ4v) is 2.87. The summed E-state index contributed by atoms with van der Waals surface area (Å²) in [6, 6.07) is 15.5. The fraction of sp³-hybridized carbons (Fsp3) is 0.222. The van der Waals surface area contributed by atoms with E-state index in [0.717, 1.165) is 12.1 Å².